The Kier molecular flexibility index (Phi) is 4.50. The SMILES string of the molecule is CC(C)CSc1cc(Br)cc(C#N)c1. The normalized spacial score (nSPS) is 10.2. The molecule has 3 heteroatoms. The van der Waals surface area contributed by atoms with Gasteiger partial charge in [0.2, 0.25) is 0 Å². The Hall–Kier alpha value is -0.460. The molecule has 0 radical (unpaired) electrons. The molecule has 0 amide bonds. The van der Waals surface area contributed by atoms with Gasteiger partial charge in [0.1, 0.15) is 0 Å². The van der Waals surface area contributed by atoms with E-state index in [2.05, 4.69) is 35.8 Å². The van der Waals surface area contributed by atoms with Crippen LogP contribution in [0.3, 0.4) is 0 Å². The number of rotatable bonds is 3. The van der Waals surface area contributed by atoms with Crippen LogP contribution in [0, 0.1) is 17.2 Å². The molecular formula is C11H12BrNS. The van der Waals surface area contributed by atoms with Crippen LogP contribution in [-0.4, -0.2) is 5.75 Å². The monoisotopic (exact) mass is 269 g/mol. The zero-order chi connectivity index (χ0) is 10.6. The van der Waals surface area contributed by atoms with Crippen molar-refractivity contribution in [3.63, 3.8) is 0 Å². The van der Waals surface area contributed by atoms with Gasteiger partial charge in [0.05, 0.1) is 11.6 Å². The summed E-state index contributed by atoms with van der Waals surface area (Å²) in [6.45, 7) is 4.38. The molecule has 0 aliphatic carbocycles. The number of nitriles is 1. The van der Waals surface area contributed by atoms with Crippen LogP contribution in [0.25, 0.3) is 0 Å². The first kappa shape index (κ1) is 11.6. The van der Waals surface area contributed by atoms with Crippen molar-refractivity contribution in [2.75, 3.05) is 5.75 Å². The molecule has 0 saturated heterocycles. The molecule has 0 spiro atoms. The Labute approximate surface area is 97.6 Å². The fraction of sp³-hybridized carbons (Fsp3) is 0.364. The summed E-state index contributed by atoms with van der Waals surface area (Å²) in [4.78, 5) is 1.16. The number of hydrogen-bond donors (Lipinski definition) is 0. The third-order valence-electron chi connectivity index (χ3n) is 1.58. The zero-order valence-electron chi connectivity index (χ0n) is 8.25. The minimum atomic E-state index is 0.671. The lowest BCUT2D eigenvalue weighted by Crippen LogP contribution is -1.90. The van der Waals surface area contributed by atoms with Gasteiger partial charge in [-0.25, -0.2) is 0 Å². The molecule has 0 fully saturated rings. The van der Waals surface area contributed by atoms with Crippen LogP contribution in [0.1, 0.15) is 19.4 Å². The van der Waals surface area contributed by atoms with Crippen molar-refractivity contribution < 1.29 is 0 Å². The maximum Gasteiger partial charge on any atom is 0.0992 e. The molecule has 14 heavy (non-hydrogen) atoms. The Balaban J connectivity index is 2.78. The molecular weight excluding hydrogens is 258 g/mol. The summed E-state index contributed by atoms with van der Waals surface area (Å²) in [5.41, 5.74) is 0.714. The van der Waals surface area contributed by atoms with Crippen molar-refractivity contribution in [1.82, 2.24) is 0 Å². The maximum atomic E-state index is 8.78. The van der Waals surface area contributed by atoms with E-state index in [1.165, 1.54) is 0 Å². The minimum absolute atomic E-state index is 0.671. The molecule has 0 aliphatic rings. The van der Waals surface area contributed by atoms with Crippen LogP contribution in [-0.2, 0) is 0 Å². The first-order chi connectivity index (χ1) is 6.61. The fourth-order valence-corrected chi connectivity index (χ4v) is 2.56. The van der Waals surface area contributed by atoms with E-state index >= 15 is 0 Å². The summed E-state index contributed by atoms with van der Waals surface area (Å²) in [5.74, 6) is 1.76. The van der Waals surface area contributed by atoms with E-state index in [0.29, 0.717) is 11.5 Å². The van der Waals surface area contributed by atoms with Crippen molar-refractivity contribution >= 4 is 27.7 Å². The zero-order valence-corrected chi connectivity index (χ0v) is 10.7. The third kappa shape index (κ3) is 3.73. The van der Waals surface area contributed by atoms with E-state index in [1.807, 2.05) is 18.2 Å². The van der Waals surface area contributed by atoms with Crippen molar-refractivity contribution in [1.29, 1.82) is 5.26 Å². The van der Waals surface area contributed by atoms with Crippen molar-refractivity contribution in [3.05, 3.63) is 28.2 Å². The van der Waals surface area contributed by atoms with Crippen LogP contribution in [0.15, 0.2) is 27.6 Å². The molecule has 1 nitrogen and oxygen atoms in total. The van der Waals surface area contributed by atoms with Crippen LogP contribution >= 0.6 is 27.7 Å². The molecule has 0 N–H and O–H groups in total. The van der Waals surface area contributed by atoms with E-state index in [0.717, 1.165) is 15.1 Å². The van der Waals surface area contributed by atoms with E-state index in [1.54, 1.807) is 11.8 Å². The highest BCUT2D eigenvalue weighted by Crippen LogP contribution is 2.25. The highest BCUT2D eigenvalue weighted by molar-refractivity contribution is 9.10. The summed E-state index contributed by atoms with van der Waals surface area (Å²) >= 11 is 5.19. The Morgan fingerprint density at radius 3 is 2.71 bits per heavy atom. The molecule has 1 aromatic carbocycles. The van der Waals surface area contributed by atoms with Gasteiger partial charge in [-0.1, -0.05) is 29.8 Å². The third-order valence-corrected chi connectivity index (χ3v) is 3.44. The molecule has 0 aromatic heterocycles. The van der Waals surface area contributed by atoms with Gasteiger partial charge in [-0.05, 0) is 24.1 Å². The molecule has 74 valence electrons. The molecule has 0 aliphatic heterocycles. The van der Waals surface area contributed by atoms with Gasteiger partial charge < -0.3 is 0 Å². The Bertz CT molecular complexity index is 355. The quantitative estimate of drug-likeness (QED) is 0.773. The summed E-state index contributed by atoms with van der Waals surface area (Å²) in [5, 5.41) is 8.78. The molecule has 0 heterocycles. The van der Waals surface area contributed by atoms with Crippen molar-refractivity contribution in [2.45, 2.75) is 18.7 Å². The number of benzene rings is 1. The molecule has 1 aromatic rings. The van der Waals surface area contributed by atoms with Crippen LogP contribution in [0.2, 0.25) is 0 Å². The summed E-state index contributed by atoms with van der Waals surface area (Å²) < 4.78 is 0.975. The second-order valence-electron chi connectivity index (χ2n) is 3.49. The van der Waals surface area contributed by atoms with E-state index in [4.69, 9.17) is 5.26 Å². The lowest BCUT2D eigenvalue weighted by atomic mass is 10.2. The predicted molar refractivity (Wildman–Crippen MR) is 64.4 cm³/mol. The van der Waals surface area contributed by atoms with Crippen molar-refractivity contribution in [3.8, 4) is 6.07 Å². The van der Waals surface area contributed by atoms with E-state index < -0.39 is 0 Å². The smallest absolute Gasteiger partial charge is 0.0992 e. The van der Waals surface area contributed by atoms with Gasteiger partial charge in [0.15, 0.2) is 0 Å². The number of hydrogen-bond acceptors (Lipinski definition) is 2. The van der Waals surface area contributed by atoms with Gasteiger partial charge in [0.25, 0.3) is 0 Å². The standard InChI is InChI=1S/C11H12BrNS/c1-8(2)7-14-11-4-9(6-13)3-10(12)5-11/h3-5,8H,7H2,1-2H3. The molecule has 0 saturated carbocycles. The second kappa shape index (κ2) is 5.43. The van der Waals surface area contributed by atoms with Gasteiger partial charge >= 0.3 is 0 Å². The number of thioether (sulfide) groups is 1. The van der Waals surface area contributed by atoms with Crippen LogP contribution < -0.4 is 0 Å². The van der Waals surface area contributed by atoms with Crippen molar-refractivity contribution in [2.24, 2.45) is 5.92 Å². The predicted octanol–water partition coefficient (Wildman–Crippen LogP) is 4.07. The van der Waals surface area contributed by atoms with Gasteiger partial charge in [-0.3, -0.25) is 0 Å². The summed E-state index contributed by atoms with van der Waals surface area (Å²) in [7, 11) is 0. The fourth-order valence-electron chi connectivity index (χ4n) is 0.973. The average molecular weight is 270 g/mol. The highest BCUT2D eigenvalue weighted by Gasteiger charge is 2.01. The van der Waals surface area contributed by atoms with Gasteiger partial charge in [0, 0.05) is 15.1 Å². The van der Waals surface area contributed by atoms with E-state index in [-0.39, 0.29) is 0 Å². The van der Waals surface area contributed by atoms with Gasteiger partial charge in [-0.2, -0.15) is 5.26 Å². The maximum absolute atomic E-state index is 8.78. The second-order valence-corrected chi connectivity index (χ2v) is 5.50. The Morgan fingerprint density at radius 1 is 1.43 bits per heavy atom. The van der Waals surface area contributed by atoms with E-state index in [9.17, 15) is 0 Å². The number of halogens is 1. The summed E-state index contributed by atoms with van der Waals surface area (Å²) in [6, 6.07) is 7.96. The number of nitrogens with zero attached hydrogens (tertiary/aromatic N) is 1. The average Bonchev–Trinajstić information content (AvgIpc) is 2.14. The highest BCUT2D eigenvalue weighted by atomic mass is 79.9. The first-order valence-electron chi connectivity index (χ1n) is 4.45. The molecule has 0 bridgehead atoms. The molecule has 1 rings (SSSR count). The lowest BCUT2D eigenvalue weighted by Gasteiger charge is -2.05. The van der Waals surface area contributed by atoms with Gasteiger partial charge in [-0.15, -0.1) is 11.8 Å². The molecule has 0 unspecified atom stereocenters. The minimum Gasteiger partial charge on any atom is -0.192 e. The van der Waals surface area contributed by atoms with Crippen LogP contribution in [0.4, 0.5) is 0 Å². The topological polar surface area (TPSA) is 23.8 Å². The van der Waals surface area contributed by atoms with Crippen LogP contribution in [0.5, 0.6) is 0 Å². The molecule has 0 atom stereocenters. The first-order valence-corrected chi connectivity index (χ1v) is 6.23. The lowest BCUT2D eigenvalue weighted by molar-refractivity contribution is 0.750. The Morgan fingerprint density at radius 2 is 2.14 bits per heavy atom. The largest absolute Gasteiger partial charge is 0.192 e. The summed E-state index contributed by atoms with van der Waals surface area (Å²) in [6.07, 6.45) is 0.